The van der Waals surface area contributed by atoms with E-state index in [2.05, 4.69) is 4.90 Å². The van der Waals surface area contributed by atoms with Crippen LogP contribution in [0.4, 0.5) is 0 Å². The summed E-state index contributed by atoms with van der Waals surface area (Å²) in [6.07, 6.45) is 1.13. The fourth-order valence-electron chi connectivity index (χ4n) is 1.97. The van der Waals surface area contributed by atoms with Crippen LogP contribution in [-0.2, 0) is 0 Å². The Morgan fingerprint density at radius 1 is 1.67 bits per heavy atom. The smallest absolute Gasteiger partial charge is 0.186 e. The summed E-state index contributed by atoms with van der Waals surface area (Å²) in [6.45, 7) is 3.29. The van der Waals surface area contributed by atoms with Crippen LogP contribution in [0.25, 0.3) is 0 Å². The first-order valence-electron chi connectivity index (χ1n) is 5.28. The van der Waals surface area contributed by atoms with Crippen LogP contribution in [0.3, 0.4) is 0 Å². The van der Waals surface area contributed by atoms with Gasteiger partial charge in [-0.2, -0.15) is 0 Å². The van der Waals surface area contributed by atoms with Gasteiger partial charge in [0.25, 0.3) is 0 Å². The Balaban J connectivity index is 1.86. The third kappa shape index (κ3) is 2.65. The lowest BCUT2D eigenvalue weighted by molar-refractivity contribution is 0.0947. The lowest BCUT2D eigenvalue weighted by atomic mass is 10.1. The van der Waals surface area contributed by atoms with Gasteiger partial charge in [-0.25, -0.2) is 0 Å². The zero-order valence-corrected chi connectivity index (χ0v) is 9.50. The van der Waals surface area contributed by atoms with Gasteiger partial charge in [0.15, 0.2) is 5.78 Å². The van der Waals surface area contributed by atoms with Crippen molar-refractivity contribution < 1.29 is 4.79 Å². The van der Waals surface area contributed by atoms with Crippen LogP contribution < -0.4 is 5.73 Å². The summed E-state index contributed by atoms with van der Waals surface area (Å²) < 4.78 is 0. The van der Waals surface area contributed by atoms with Crippen molar-refractivity contribution in [2.45, 2.75) is 6.42 Å². The molecule has 0 aliphatic carbocycles. The first-order valence-corrected chi connectivity index (χ1v) is 6.16. The van der Waals surface area contributed by atoms with Crippen molar-refractivity contribution in [1.82, 2.24) is 4.90 Å². The maximum Gasteiger partial charge on any atom is 0.186 e. The number of rotatable bonds is 4. The Morgan fingerprint density at radius 2 is 2.53 bits per heavy atom. The molecule has 3 nitrogen and oxygen atoms in total. The second-order valence-electron chi connectivity index (χ2n) is 4.03. The van der Waals surface area contributed by atoms with Crippen LogP contribution in [0.2, 0.25) is 0 Å². The Labute approximate surface area is 93.9 Å². The van der Waals surface area contributed by atoms with Crippen LogP contribution >= 0.6 is 11.3 Å². The van der Waals surface area contributed by atoms with E-state index in [-0.39, 0.29) is 5.78 Å². The molecule has 1 aromatic heterocycles. The minimum Gasteiger partial charge on any atom is -0.330 e. The maximum absolute atomic E-state index is 11.8. The highest BCUT2D eigenvalue weighted by molar-refractivity contribution is 7.12. The quantitative estimate of drug-likeness (QED) is 0.782. The molecule has 2 N–H and O–H groups in total. The number of carbonyl (C=O) groups excluding carboxylic acids is 1. The SMILES string of the molecule is NC[C@@H]1CCN(CC(=O)c2cccs2)C1. The minimum atomic E-state index is 0.239. The molecule has 0 unspecified atom stereocenters. The lowest BCUT2D eigenvalue weighted by Gasteiger charge is -2.13. The Morgan fingerprint density at radius 3 is 3.13 bits per heavy atom. The first kappa shape index (κ1) is 10.8. The van der Waals surface area contributed by atoms with Gasteiger partial charge in [-0.3, -0.25) is 9.69 Å². The Bertz CT molecular complexity index is 323. The van der Waals surface area contributed by atoms with Crippen LogP contribution in [0.5, 0.6) is 0 Å². The molecule has 4 heteroatoms. The van der Waals surface area contributed by atoms with E-state index in [0.717, 1.165) is 30.9 Å². The monoisotopic (exact) mass is 224 g/mol. The third-order valence-electron chi connectivity index (χ3n) is 2.87. The van der Waals surface area contributed by atoms with Crippen molar-refractivity contribution in [3.63, 3.8) is 0 Å². The summed E-state index contributed by atoms with van der Waals surface area (Å²) in [5.41, 5.74) is 5.61. The van der Waals surface area contributed by atoms with Gasteiger partial charge in [0.1, 0.15) is 0 Å². The summed E-state index contributed by atoms with van der Waals surface area (Å²) in [4.78, 5) is 14.9. The number of thiophene rings is 1. The molecule has 0 saturated carbocycles. The van der Waals surface area contributed by atoms with E-state index in [9.17, 15) is 4.79 Å². The largest absolute Gasteiger partial charge is 0.330 e. The number of Topliss-reactive ketones (excluding diaryl/α,β-unsaturated/α-hetero) is 1. The predicted molar refractivity (Wildman–Crippen MR) is 62.3 cm³/mol. The van der Waals surface area contributed by atoms with Crippen molar-refractivity contribution >= 4 is 17.1 Å². The average Bonchev–Trinajstić information content (AvgIpc) is 2.87. The molecule has 1 aliphatic rings. The van der Waals surface area contributed by atoms with E-state index in [0.29, 0.717) is 12.5 Å². The van der Waals surface area contributed by atoms with Crippen LogP contribution in [0.15, 0.2) is 17.5 Å². The highest BCUT2D eigenvalue weighted by atomic mass is 32.1. The van der Waals surface area contributed by atoms with Crippen molar-refractivity contribution in [2.24, 2.45) is 11.7 Å². The number of nitrogens with two attached hydrogens (primary N) is 1. The van der Waals surface area contributed by atoms with Crippen molar-refractivity contribution in [3.8, 4) is 0 Å². The summed E-state index contributed by atoms with van der Waals surface area (Å²) in [7, 11) is 0. The molecular weight excluding hydrogens is 208 g/mol. The molecule has 0 radical (unpaired) electrons. The highest BCUT2D eigenvalue weighted by Crippen LogP contribution is 2.16. The molecule has 1 aromatic rings. The van der Waals surface area contributed by atoms with Crippen molar-refractivity contribution in [2.75, 3.05) is 26.2 Å². The van der Waals surface area contributed by atoms with Crippen molar-refractivity contribution in [3.05, 3.63) is 22.4 Å². The van der Waals surface area contributed by atoms with Crippen molar-refractivity contribution in [1.29, 1.82) is 0 Å². The number of hydrogen-bond acceptors (Lipinski definition) is 4. The predicted octanol–water partition coefficient (Wildman–Crippen LogP) is 1.21. The molecule has 82 valence electrons. The number of hydrogen-bond donors (Lipinski definition) is 1. The molecule has 0 amide bonds. The molecular formula is C11H16N2OS. The summed E-state index contributed by atoms with van der Waals surface area (Å²) >= 11 is 1.52. The topological polar surface area (TPSA) is 46.3 Å². The first-order chi connectivity index (χ1) is 7.29. The molecule has 1 atom stereocenters. The van der Waals surface area contributed by atoms with Gasteiger partial charge in [-0.15, -0.1) is 11.3 Å². The molecule has 0 spiro atoms. The molecule has 2 heterocycles. The zero-order valence-electron chi connectivity index (χ0n) is 8.69. The maximum atomic E-state index is 11.8. The van der Waals surface area contributed by atoms with Crippen LogP contribution in [-0.4, -0.2) is 36.9 Å². The van der Waals surface area contributed by atoms with Gasteiger partial charge >= 0.3 is 0 Å². The average molecular weight is 224 g/mol. The second kappa shape index (κ2) is 4.88. The molecule has 1 fully saturated rings. The van der Waals surface area contributed by atoms with Crippen LogP contribution in [0, 0.1) is 5.92 Å². The summed E-state index contributed by atoms with van der Waals surface area (Å²) in [5.74, 6) is 0.823. The number of ketones is 1. The normalized spacial score (nSPS) is 22.1. The highest BCUT2D eigenvalue weighted by Gasteiger charge is 2.23. The molecule has 0 aromatic carbocycles. The zero-order chi connectivity index (χ0) is 10.7. The van der Waals surface area contributed by atoms with E-state index < -0.39 is 0 Å². The standard InChI is InChI=1S/C11H16N2OS/c12-6-9-3-4-13(7-9)8-10(14)11-2-1-5-15-11/h1-2,5,9H,3-4,6-8,12H2/t9-/m0/s1. The number of nitrogens with zero attached hydrogens (tertiary/aromatic N) is 1. The van der Waals surface area contributed by atoms with E-state index in [1.165, 1.54) is 11.3 Å². The minimum absolute atomic E-state index is 0.239. The van der Waals surface area contributed by atoms with Gasteiger partial charge in [0, 0.05) is 6.54 Å². The fourth-order valence-corrected chi connectivity index (χ4v) is 2.62. The molecule has 1 aliphatic heterocycles. The fraction of sp³-hybridized carbons (Fsp3) is 0.545. The third-order valence-corrected chi connectivity index (χ3v) is 3.78. The molecule has 1 saturated heterocycles. The van der Waals surface area contributed by atoms with Gasteiger partial charge in [0.2, 0.25) is 0 Å². The molecule has 0 bridgehead atoms. The Hall–Kier alpha value is -0.710. The van der Waals surface area contributed by atoms with Gasteiger partial charge < -0.3 is 5.73 Å². The van der Waals surface area contributed by atoms with Gasteiger partial charge in [-0.05, 0) is 36.9 Å². The molecule has 15 heavy (non-hydrogen) atoms. The molecule has 2 rings (SSSR count). The van der Waals surface area contributed by atoms with E-state index in [1.54, 1.807) is 0 Å². The summed E-state index contributed by atoms with van der Waals surface area (Å²) in [5, 5.41) is 1.94. The van der Waals surface area contributed by atoms with Crippen LogP contribution in [0.1, 0.15) is 16.1 Å². The van der Waals surface area contributed by atoms with E-state index in [4.69, 9.17) is 5.73 Å². The van der Waals surface area contributed by atoms with Gasteiger partial charge in [-0.1, -0.05) is 6.07 Å². The number of carbonyl (C=O) groups is 1. The van der Waals surface area contributed by atoms with E-state index >= 15 is 0 Å². The summed E-state index contributed by atoms with van der Waals surface area (Å²) in [6, 6.07) is 3.81. The Kier molecular flexibility index (Phi) is 3.51. The number of likely N-dealkylation sites (tertiary alicyclic amines) is 1. The van der Waals surface area contributed by atoms with Gasteiger partial charge in [0.05, 0.1) is 11.4 Å². The van der Waals surface area contributed by atoms with E-state index in [1.807, 2.05) is 17.5 Å². The second-order valence-corrected chi connectivity index (χ2v) is 4.97. The lowest BCUT2D eigenvalue weighted by Crippen LogP contribution is -2.28.